The summed E-state index contributed by atoms with van der Waals surface area (Å²) in [7, 11) is 0. The van der Waals surface area contributed by atoms with Crippen LogP contribution >= 0.6 is 24.0 Å². The Labute approximate surface area is 114 Å². The van der Waals surface area contributed by atoms with Gasteiger partial charge in [-0.1, -0.05) is 11.6 Å². The van der Waals surface area contributed by atoms with Crippen LogP contribution < -0.4 is 10.6 Å². The van der Waals surface area contributed by atoms with Crippen molar-refractivity contribution in [1.29, 1.82) is 0 Å². The standard InChI is InChI=1S/C10H11ClF3N3.ClH/c11-8-3-6(10(12,13)14)4-16-9(8)17-2-1-7(15)5-17;/h3-4,7H,1-2,5,15H2;1H/t7-;/m0./s1. The fraction of sp³-hybridized carbons (Fsp3) is 0.500. The predicted molar refractivity (Wildman–Crippen MR) is 66.3 cm³/mol. The van der Waals surface area contributed by atoms with Crippen molar-refractivity contribution >= 4 is 29.8 Å². The van der Waals surface area contributed by atoms with Crippen molar-refractivity contribution in [2.75, 3.05) is 18.0 Å². The van der Waals surface area contributed by atoms with E-state index in [4.69, 9.17) is 17.3 Å². The maximum atomic E-state index is 12.4. The number of halogens is 5. The molecular formula is C10H12Cl2F3N3. The Kier molecular flexibility index (Phi) is 4.69. The van der Waals surface area contributed by atoms with Crippen LogP contribution in [0.15, 0.2) is 12.3 Å². The Morgan fingerprint density at radius 1 is 1.44 bits per heavy atom. The average molecular weight is 302 g/mol. The molecule has 1 aromatic heterocycles. The SMILES string of the molecule is Cl.N[C@H]1CCN(c2ncc(C(F)(F)F)cc2Cl)C1. The van der Waals surface area contributed by atoms with Crippen LogP contribution in [0.25, 0.3) is 0 Å². The van der Waals surface area contributed by atoms with Gasteiger partial charge in [0, 0.05) is 25.3 Å². The van der Waals surface area contributed by atoms with Gasteiger partial charge in [-0.3, -0.25) is 0 Å². The van der Waals surface area contributed by atoms with Gasteiger partial charge in [0.05, 0.1) is 10.6 Å². The van der Waals surface area contributed by atoms with Crippen molar-refractivity contribution in [2.24, 2.45) is 5.73 Å². The second-order valence-corrected chi connectivity index (χ2v) is 4.43. The lowest BCUT2D eigenvalue weighted by atomic mass is 10.2. The second kappa shape index (κ2) is 5.50. The zero-order valence-electron chi connectivity index (χ0n) is 9.25. The van der Waals surface area contributed by atoms with Gasteiger partial charge < -0.3 is 10.6 Å². The summed E-state index contributed by atoms with van der Waals surface area (Å²) < 4.78 is 37.2. The average Bonchev–Trinajstić information content (AvgIpc) is 2.63. The van der Waals surface area contributed by atoms with E-state index in [1.807, 2.05) is 0 Å². The number of rotatable bonds is 1. The maximum absolute atomic E-state index is 12.4. The Balaban J connectivity index is 0.00000162. The molecule has 1 fully saturated rings. The highest BCUT2D eigenvalue weighted by Gasteiger charge is 2.32. The lowest BCUT2D eigenvalue weighted by Crippen LogP contribution is -2.27. The van der Waals surface area contributed by atoms with Crippen LogP contribution in [-0.4, -0.2) is 24.1 Å². The molecule has 1 aliphatic rings. The Morgan fingerprint density at radius 3 is 2.56 bits per heavy atom. The number of hydrogen-bond donors (Lipinski definition) is 1. The van der Waals surface area contributed by atoms with E-state index in [0.29, 0.717) is 18.9 Å². The molecule has 1 aromatic rings. The van der Waals surface area contributed by atoms with E-state index in [9.17, 15) is 13.2 Å². The van der Waals surface area contributed by atoms with E-state index < -0.39 is 11.7 Å². The number of hydrogen-bond acceptors (Lipinski definition) is 3. The topological polar surface area (TPSA) is 42.1 Å². The molecular weight excluding hydrogens is 290 g/mol. The second-order valence-electron chi connectivity index (χ2n) is 4.02. The number of aromatic nitrogens is 1. The third kappa shape index (κ3) is 3.18. The number of pyridine rings is 1. The molecule has 2 heterocycles. The monoisotopic (exact) mass is 301 g/mol. The summed E-state index contributed by atoms with van der Waals surface area (Å²) in [6, 6.07) is 0.920. The van der Waals surface area contributed by atoms with Gasteiger partial charge in [-0.2, -0.15) is 13.2 Å². The maximum Gasteiger partial charge on any atom is 0.417 e. The van der Waals surface area contributed by atoms with E-state index in [1.54, 1.807) is 4.90 Å². The molecule has 0 saturated carbocycles. The Hall–Kier alpha value is -0.720. The minimum absolute atomic E-state index is 0. The molecule has 2 rings (SSSR count). The van der Waals surface area contributed by atoms with E-state index in [-0.39, 0.29) is 23.5 Å². The fourth-order valence-electron chi connectivity index (χ4n) is 1.80. The van der Waals surface area contributed by atoms with Crippen LogP contribution in [-0.2, 0) is 6.18 Å². The zero-order chi connectivity index (χ0) is 12.6. The third-order valence-electron chi connectivity index (χ3n) is 2.67. The first-order chi connectivity index (χ1) is 7.88. The first-order valence-electron chi connectivity index (χ1n) is 5.11. The van der Waals surface area contributed by atoms with Crippen LogP contribution in [0, 0.1) is 0 Å². The van der Waals surface area contributed by atoms with Gasteiger partial charge in [0.2, 0.25) is 0 Å². The highest BCUT2D eigenvalue weighted by atomic mass is 35.5. The summed E-state index contributed by atoms with van der Waals surface area (Å²) in [5.74, 6) is 0.368. The van der Waals surface area contributed by atoms with Crippen LogP contribution in [0.3, 0.4) is 0 Å². The van der Waals surface area contributed by atoms with Crippen LogP contribution in [0.4, 0.5) is 19.0 Å². The zero-order valence-corrected chi connectivity index (χ0v) is 10.8. The van der Waals surface area contributed by atoms with Gasteiger partial charge in [0.1, 0.15) is 5.82 Å². The van der Waals surface area contributed by atoms with Crippen molar-refractivity contribution < 1.29 is 13.2 Å². The van der Waals surface area contributed by atoms with Gasteiger partial charge in [-0.15, -0.1) is 12.4 Å². The van der Waals surface area contributed by atoms with Crippen molar-refractivity contribution in [3.8, 4) is 0 Å². The predicted octanol–water partition coefficient (Wildman–Crippen LogP) is 2.71. The van der Waals surface area contributed by atoms with Gasteiger partial charge in [0.15, 0.2) is 0 Å². The Bertz CT molecular complexity index is 425. The quantitative estimate of drug-likeness (QED) is 0.867. The molecule has 102 valence electrons. The number of nitrogens with zero attached hydrogens (tertiary/aromatic N) is 2. The lowest BCUT2D eigenvalue weighted by molar-refractivity contribution is -0.137. The summed E-state index contributed by atoms with van der Waals surface area (Å²) in [5.41, 5.74) is 4.88. The van der Waals surface area contributed by atoms with Crippen molar-refractivity contribution in [3.05, 3.63) is 22.8 Å². The van der Waals surface area contributed by atoms with E-state index in [2.05, 4.69) is 4.98 Å². The number of alkyl halides is 3. The molecule has 1 saturated heterocycles. The molecule has 1 atom stereocenters. The molecule has 0 aromatic carbocycles. The highest BCUT2D eigenvalue weighted by Crippen LogP contribution is 2.34. The van der Waals surface area contributed by atoms with Gasteiger partial charge in [-0.05, 0) is 12.5 Å². The van der Waals surface area contributed by atoms with Gasteiger partial charge in [-0.25, -0.2) is 4.98 Å². The van der Waals surface area contributed by atoms with Crippen molar-refractivity contribution in [2.45, 2.75) is 18.6 Å². The van der Waals surface area contributed by atoms with Gasteiger partial charge in [0.25, 0.3) is 0 Å². The largest absolute Gasteiger partial charge is 0.417 e. The molecule has 8 heteroatoms. The molecule has 0 bridgehead atoms. The first-order valence-corrected chi connectivity index (χ1v) is 5.49. The molecule has 0 amide bonds. The number of anilines is 1. The summed E-state index contributed by atoms with van der Waals surface area (Å²) in [6.45, 7) is 1.23. The lowest BCUT2D eigenvalue weighted by Gasteiger charge is -2.19. The van der Waals surface area contributed by atoms with Gasteiger partial charge >= 0.3 is 6.18 Å². The van der Waals surface area contributed by atoms with Crippen LogP contribution in [0.2, 0.25) is 5.02 Å². The van der Waals surface area contributed by atoms with Crippen molar-refractivity contribution in [3.63, 3.8) is 0 Å². The molecule has 2 N–H and O–H groups in total. The number of nitrogens with two attached hydrogens (primary N) is 1. The molecule has 0 radical (unpaired) electrons. The minimum atomic E-state index is -4.42. The highest BCUT2D eigenvalue weighted by molar-refractivity contribution is 6.33. The van der Waals surface area contributed by atoms with E-state index >= 15 is 0 Å². The normalized spacial score (nSPS) is 19.8. The molecule has 0 spiro atoms. The van der Waals surface area contributed by atoms with E-state index in [0.717, 1.165) is 18.7 Å². The fourth-order valence-corrected chi connectivity index (χ4v) is 2.08. The summed E-state index contributed by atoms with van der Waals surface area (Å²) in [6.07, 6.45) is -2.83. The summed E-state index contributed by atoms with van der Waals surface area (Å²) >= 11 is 5.82. The first kappa shape index (κ1) is 15.3. The summed E-state index contributed by atoms with van der Waals surface area (Å²) in [5, 5.41) is 0.00826. The third-order valence-corrected chi connectivity index (χ3v) is 2.95. The minimum Gasteiger partial charge on any atom is -0.354 e. The molecule has 1 aliphatic heterocycles. The van der Waals surface area contributed by atoms with E-state index in [1.165, 1.54) is 0 Å². The molecule has 0 unspecified atom stereocenters. The smallest absolute Gasteiger partial charge is 0.354 e. The molecule has 3 nitrogen and oxygen atoms in total. The van der Waals surface area contributed by atoms with Crippen LogP contribution in [0.1, 0.15) is 12.0 Å². The Morgan fingerprint density at radius 2 is 2.11 bits per heavy atom. The molecule has 0 aliphatic carbocycles. The van der Waals surface area contributed by atoms with Crippen molar-refractivity contribution in [1.82, 2.24) is 4.98 Å². The molecule has 18 heavy (non-hydrogen) atoms. The summed E-state index contributed by atoms with van der Waals surface area (Å²) in [4.78, 5) is 5.58. The van der Waals surface area contributed by atoms with Crippen LogP contribution in [0.5, 0.6) is 0 Å².